The minimum absolute atomic E-state index is 0.0135. The van der Waals surface area contributed by atoms with E-state index >= 15 is 0 Å². The molecule has 2 aromatic carbocycles. The maximum absolute atomic E-state index is 12.7. The van der Waals surface area contributed by atoms with Crippen molar-refractivity contribution >= 4 is 5.91 Å². The number of hydrogen-bond acceptors (Lipinski definition) is 7. The highest BCUT2D eigenvalue weighted by Gasteiger charge is 2.36. The van der Waals surface area contributed by atoms with Crippen LogP contribution in [0.3, 0.4) is 0 Å². The van der Waals surface area contributed by atoms with E-state index in [0.717, 1.165) is 5.75 Å². The lowest BCUT2D eigenvalue weighted by Gasteiger charge is -2.37. The van der Waals surface area contributed by atoms with Crippen LogP contribution in [0.15, 0.2) is 77.6 Å². The molecule has 5 rings (SSSR count). The molecule has 1 fully saturated rings. The van der Waals surface area contributed by atoms with Gasteiger partial charge in [0.25, 0.3) is 5.91 Å². The van der Waals surface area contributed by atoms with Crippen LogP contribution in [-0.2, 0) is 0 Å². The van der Waals surface area contributed by atoms with Crippen molar-refractivity contribution in [3.63, 3.8) is 0 Å². The molecule has 1 aliphatic rings. The molecule has 8 nitrogen and oxygen atoms in total. The third-order valence-corrected chi connectivity index (χ3v) is 4.81. The second-order valence-electron chi connectivity index (χ2n) is 6.88. The average Bonchev–Trinajstić information content (AvgIpc) is 3.24. The lowest BCUT2D eigenvalue weighted by atomic mass is 9.99. The molecule has 0 aliphatic carbocycles. The fourth-order valence-electron chi connectivity index (χ4n) is 3.18. The van der Waals surface area contributed by atoms with Gasteiger partial charge in [-0.15, -0.1) is 0 Å². The molecule has 0 saturated carbocycles. The second kappa shape index (κ2) is 7.75. The second-order valence-corrected chi connectivity index (χ2v) is 6.88. The summed E-state index contributed by atoms with van der Waals surface area (Å²) in [5.41, 5.74) is 0.609. The van der Waals surface area contributed by atoms with E-state index < -0.39 is 0 Å². The van der Waals surface area contributed by atoms with Crippen LogP contribution in [-0.4, -0.2) is 44.0 Å². The number of rotatable bonds is 5. The first-order valence-corrected chi connectivity index (χ1v) is 9.49. The number of carbonyl (C=O) groups is 1. The number of nitrogens with zero attached hydrogens (tertiary/aromatic N) is 5. The van der Waals surface area contributed by atoms with E-state index in [0.29, 0.717) is 41.9 Å². The summed E-state index contributed by atoms with van der Waals surface area (Å²) < 4.78 is 11.1. The monoisotopic (exact) mass is 399 g/mol. The van der Waals surface area contributed by atoms with E-state index in [-0.39, 0.29) is 11.8 Å². The Morgan fingerprint density at radius 2 is 1.60 bits per heavy atom. The zero-order valence-corrected chi connectivity index (χ0v) is 15.9. The molecule has 1 saturated heterocycles. The molecule has 2 aromatic heterocycles. The summed E-state index contributed by atoms with van der Waals surface area (Å²) in [6.07, 6.45) is 3.25. The molecular weight excluding hydrogens is 382 g/mol. The van der Waals surface area contributed by atoms with E-state index in [1.807, 2.05) is 30.3 Å². The highest BCUT2D eigenvalue weighted by molar-refractivity contribution is 5.95. The first kappa shape index (κ1) is 18.0. The van der Waals surface area contributed by atoms with E-state index in [4.69, 9.17) is 9.26 Å². The van der Waals surface area contributed by atoms with Gasteiger partial charge in [0.1, 0.15) is 11.5 Å². The summed E-state index contributed by atoms with van der Waals surface area (Å²) in [6.45, 7) is 1.05. The van der Waals surface area contributed by atoms with Crippen molar-refractivity contribution in [1.29, 1.82) is 0 Å². The largest absolute Gasteiger partial charge is 0.457 e. The molecule has 0 atom stereocenters. The van der Waals surface area contributed by atoms with Gasteiger partial charge in [0.05, 0.1) is 5.92 Å². The molecule has 1 aliphatic heterocycles. The van der Waals surface area contributed by atoms with Crippen LogP contribution in [0.25, 0.3) is 11.6 Å². The SMILES string of the molecule is O=C(c1ccc(Oc2ccccc2)cc1)N1CC(c2nc(-c3ncccn3)no2)C1. The van der Waals surface area contributed by atoms with Crippen molar-refractivity contribution in [1.82, 2.24) is 25.0 Å². The fourth-order valence-corrected chi connectivity index (χ4v) is 3.18. The summed E-state index contributed by atoms with van der Waals surface area (Å²) in [7, 11) is 0. The predicted octanol–water partition coefficient (Wildman–Crippen LogP) is 3.56. The van der Waals surface area contributed by atoms with Crippen molar-refractivity contribution in [2.24, 2.45) is 0 Å². The zero-order chi connectivity index (χ0) is 20.3. The molecule has 1 amide bonds. The highest BCUT2D eigenvalue weighted by Crippen LogP contribution is 2.29. The smallest absolute Gasteiger partial charge is 0.253 e. The first-order valence-electron chi connectivity index (χ1n) is 9.49. The maximum Gasteiger partial charge on any atom is 0.253 e. The third-order valence-electron chi connectivity index (χ3n) is 4.81. The lowest BCUT2D eigenvalue weighted by molar-refractivity contribution is 0.0569. The van der Waals surface area contributed by atoms with E-state index in [1.54, 1.807) is 47.6 Å². The fraction of sp³-hybridized carbons (Fsp3) is 0.136. The number of hydrogen-bond donors (Lipinski definition) is 0. The average molecular weight is 399 g/mol. The predicted molar refractivity (Wildman–Crippen MR) is 107 cm³/mol. The van der Waals surface area contributed by atoms with Crippen molar-refractivity contribution in [3.05, 3.63) is 84.5 Å². The van der Waals surface area contributed by atoms with Crippen LogP contribution in [0.5, 0.6) is 11.5 Å². The van der Waals surface area contributed by atoms with Crippen LogP contribution in [0, 0.1) is 0 Å². The minimum atomic E-state index is -0.0383. The Labute approximate surface area is 172 Å². The number of benzene rings is 2. The Hall–Kier alpha value is -4.07. The Morgan fingerprint density at radius 1 is 0.900 bits per heavy atom. The quantitative estimate of drug-likeness (QED) is 0.506. The Morgan fingerprint density at radius 3 is 2.33 bits per heavy atom. The van der Waals surface area contributed by atoms with E-state index in [2.05, 4.69) is 20.1 Å². The molecule has 148 valence electrons. The maximum atomic E-state index is 12.7. The van der Waals surface area contributed by atoms with Gasteiger partial charge in [0.2, 0.25) is 17.5 Å². The Bertz CT molecular complexity index is 1140. The summed E-state index contributed by atoms with van der Waals surface area (Å²) in [5, 5.41) is 3.93. The van der Waals surface area contributed by atoms with Crippen molar-refractivity contribution < 1.29 is 14.1 Å². The molecule has 3 heterocycles. The summed E-state index contributed by atoms with van der Waals surface area (Å²) in [6, 6.07) is 18.4. The van der Waals surface area contributed by atoms with Gasteiger partial charge < -0.3 is 14.2 Å². The molecule has 0 unspecified atom stereocenters. The highest BCUT2D eigenvalue weighted by atomic mass is 16.5. The molecule has 0 bridgehead atoms. The summed E-state index contributed by atoms with van der Waals surface area (Å²) in [5.74, 6) is 2.67. The topological polar surface area (TPSA) is 94.2 Å². The molecule has 4 aromatic rings. The summed E-state index contributed by atoms with van der Waals surface area (Å²) >= 11 is 0. The number of aromatic nitrogens is 4. The molecular formula is C22H17N5O3. The van der Waals surface area contributed by atoms with Crippen LogP contribution < -0.4 is 4.74 Å². The van der Waals surface area contributed by atoms with Crippen LogP contribution in [0.4, 0.5) is 0 Å². The van der Waals surface area contributed by atoms with Crippen LogP contribution in [0.2, 0.25) is 0 Å². The lowest BCUT2D eigenvalue weighted by Crippen LogP contribution is -2.48. The normalized spacial score (nSPS) is 13.7. The van der Waals surface area contributed by atoms with E-state index in [1.165, 1.54) is 0 Å². The van der Waals surface area contributed by atoms with Gasteiger partial charge in [-0.25, -0.2) is 9.97 Å². The van der Waals surface area contributed by atoms with Crippen LogP contribution in [0.1, 0.15) is 22.2 Å². The van der Waals surface area contributed by atoms with Gasteiger partial charge in [-0.3, -0.25) is 4.79 Å². The number of carbonyl (C=O) groups excluding carboxylic acids is 1. The molecule has 0 N–H and O–H groups in total. The van der Waals surface area contributed by atoms with Gasteiger partial charge in [0.15, 0.2) is 0 Å². The van der Waals surface area contributed by atoms with Crippen molar-refractivity contribution in [2.75, 3.05) is 13.1 Å². The van der Waals surface area contributed by atoms with Gasteiger partial charge in [0, 0.05) is 31.0 Å². The van der Waals surface area contributed by atoms with E-state index in [9.17, 15) is 4.79 Å². The molecule has 30 heavy (non-hydrogen) atoms. The number of amides is 1. The molecule has 0 radical (unpaired) electrons. The third kappa shape index (κ3) is 3.62. The molecule has 8 heteroatoms. The van der Waals surface area contributed by atoms with Gasteiger partial charge in [-0.1, -0.05) is 23.4 Å². The Balaban J connectivity index is 1.19. The number of likely N-dealkylation sites (tertiary alicyclic amines) is 1. The molecule has 0 spiro atoms. The number of para-hydroxylation sites is 1. The minimum Gasteiger partial charge on any atom is -0.457 e. The summed E-state index contributed by atoms with van der Waals surface area (Å²) in [4.78, 5) is 27.0. The Kier molecular flexibility index (Phi) is 4.65. The first-order chi connectivity index (χ1) is 14.8. The van der Waals surface area contributed by atoms with Crippen LogP contribution >= 0.6 is 0 Å². The van der Waals surface area contributed by atoms with Gasteiger partial charge >= 0.3 is 0 Å². The van der Waals surface area contributed by atoms with Crippen molar-refractivity contribution in [2.45, 2.75) is 5.92 Å². The number of ether oxygens (including phenoxy) is 1. The standard InChI is InChI=1S/C22H17N5O3/c28-22(15-7-9-18(10-8-15)29-17-5-2-1-3-6-17)27-13-16(14-27)21-25-20(26-30-21)19-23-11-4-12-24-19/h1-12,16H,13-14H2. The van der Waals surface area contributed by atoms with Gasteiger partial charge in [-0.05, 0) is 42.5 Å². The van der Waals surface area contributed by atoms with Crippen molar-refractivity contribution in [3.8, 4) is 23.1 Å². The zero-order valence-electron chi connectivity index (χ0n) is 15.9. The van der Waals surface area contributed by atoms with Gasteiger partial charge in [-0.2, -0.15) is 4.98 Å².